The molecule has 0 radical (unpaired) electrons. The summed E-state index contributed by atoms with van der Waals surface area (Å²) in [5.41, 5.74) is 2.37. The molecule has 0 spiro atoms. The molecule has 8 nitrogen and oxygen atoms in total. The van der Waals surface area contributed by atoms with Crippen molar-refractivity contribution in [3.05, 3.63) is 59.4 Å². The summed E-state index contributed by atoms with van der Waals surface area (Å²) >= 11 is 0. The van der Waals surface area contributed by atoms with Crippen molar-refractivity contribution in [2.24, 2.45) is 5.92 Å². The molecule has 186 valence electrons. The van der Waals surface area contributed by atoms with Gasteiger partial charge in [0, 0.05) is 45.3 Å². The molecule has 2 aromatic rings. The summed E-state index contributed by atoms with van der Waals surface area (Å²) in [6.45, 7) is 9.37. The molecule has 1 fully saturated rings. The third kappa shape index (κ3) is 5.22. The number of rotatable bonds is 9. The molecule has 0 bridgehead atoms. The third-order valence-corrected chi connectivity index (χ3v) is 7.23. The zero-order valence-electron chi connectivity index (χ0n) is 20.9. The maximum Gasteiger partial charge on any atom is 0.264 e. The molecular weight excluding hydrogens is 442 g/mol. The van der Waals surface area contributed by atoms with Gasteiger partial charge in [0.2, 0.25) is 5.91 Å². The van der Waals surface area contributed by atoms with Crippen LogP contribution in [0.25, 0.3) is 0 Å². The highest BCUT2D eigenvalue weighted by Gasteiger charge is 2.39. The molecule has 1 aromatic carbocycles. The van der Waals surface area contributed by atoms with Crippen LogP contribution >= 0.6 is 0 Å². The molecule has 2 aliphatic heterocycles. The van der Waals surface area contributed by atoms with E-state index in [2.05, 4.69) is 28.6 Å². The highest BCUT2D eigenvalue weighted by atomic mass is 16.2. The zero-order valence-corrected chi connectivity index (χ0v) is 20.9. The first-order valence-electron chi connectivity index (χ1n) is 12.6. The van der Waals surface area contributed by atoms with Crippen LogP contribution in [0.3, 0.4) is 0 Å². The van der Waals surface area contributed by atoms with E-state index in [1.165, 1.54) is 4.90 Å². The lowest BCUT2D eigenvalue weighted by Crippen LogP contribution is -2.43. The van der Waals surface area contributed by atoms with Crippen molar-refractivity contribution in [3.63, 3.8) is 0 Å². The van der Waals surface area contributed by atoms with E-state index in [4.69, 9.17) is 0 Å². The highest BCUT2D eigenvalue weighted by molar-refractivity contribution is 6.23. The molecule has 35 heavy (non-hydrogen) atoms. The molecule has 8 heteroatoms. The van der Waals surface area contributed by atoms with E-state index < -0.39 is 0 Å². The zero-order chi connectivity index (χ0) is 24.9. The predicted octanol–water partition coefficient (Wildman–Crippen LogP) is 2.89. The fourth-order valence-corrected chi connectivity index (χ4v) is 5.00. The Kier molecular flexibility index (Phi) is 7.80. The van der Waals surface area contributed by atoms with Gasteiger partial charge >= 0.3 is 0 Å². The molecule has 3 heterocycles. The van der Waals surface area contributed by atoms with Gasteiger partial charge in [-0.05, 0) is 50.2 Å². The second-order valence-electron chi connectivity index (χ2n) is 9.27. The molecule has 1 saturated heterocycles. The van der Waals surface area contributed by atoms with Crippen LogP contribution in [0, 0.1) is 5.92 Å². The van der Waals surface area contributed by atoms with Crippen LogP contribution < -0.4 is 4.90 Å². The number of imide groups is 1. The van der Waals surface area contributed by atoms with Crippen molar-refractivity contribution in [1.29, 1.82) is 0 Å². The summed E-state index contributed by atoms with van der Waals surface area (Å²) in [4.78, 5) is 51.2. The minimum atomic E-state index is -0.280. The average molecular weight is 478 g/mol. The Morgan fingerprint density at radius 2 is 1.74 bits per heavy atom. The summed E-state index contributed by atoms with van der Waals surface area (Å²) in [5, 5.41) is 0. The number of carbonyl (C=O) groups is 3. The van der Waals surface area contributed by atoms with Crippen LogP contribution in [0.4, 0.5) is 5.69 Å². The van der Waals surface area contributed by atoms with Crippen molar-refractivity contribution in [2.75, 3.05) is 51.2 Å². The number of aromatic nitrogens is 1. The Hall–Kier alpha value is -3.26. The summed E-state index contributed by atoms with van der Waals surface area (Å²) in [7, 11) is 1.89. The van der Waals surface area contributed by atoms with Gasteiger partial charge in [0.1, 0.15) is 0 Å². The first kappa shape index (κ1) is 24.9. The highest BCUT2D eigenvalue weighted by Crippen LogP contribution is 2.34. The molecule has 1 aromatic heterocycles. The minimum Gasteiger partial charge on any atom is -0.371 e. The number of anilines is 1. The largest absolute Gasteiger partial charge is 0.371 e. The number of hydrogen-bond acceptors (Lipinski definition) is 6. The Morgan fingerprint density at radius 1 is 1.00 bits per heavy atom. The molecular formula is C27H35N5O3. The monoisotopic (exact) mass is 477 g/mol. The van der Waals surface area contributed by atoms with Gasteiger partial charge in [-0.2, -0.15) is 0 Å². The molecule has 0 atom stereocenters. The van der Waals surface area contributed by atoms with E-state index in [0.717, 1.165) is 44.7 Å². The number of fused-ring (bicyclic) bond motifs is 1. The van der Waals surface area contributed by atoms with Crippen LogP contribution in [-0.2, 0) is 11.3 Å². The predicted molar refractivity (Wildman–Crippen MR) is 135 cm³/mol. The van der Waals surface area contributed by atoms with Crippen LogP contribution in [-0.4, -0.2) is 83.7 Å². The second-order valence-corrected chi connectivity index (χ2v) is 9.27. The van der Waals surface area contributed by atoms with Gasteiger partial charge in [0.05, 0.1) is 29.1 Å². The topological polar surface area (TPSA) is 77.1 Å². The quantitative estimate of drug-likeness (QED) is 0.517. The number of likely N-dealkylation sites (N-methyl/N-ethyl adjacent to an activating group) is 2. The van der Waals surface area contributed by atoms with Crippen LogP contribution in [0.2, 0.25) is 0 Å². The Morgan fingerprint density at radius 3 is 2.40 bits per heavy atom. The van der Waals surface area contributed by atoms with Crippen molar-refractivity contribution in [2.45, 2.75) is 33.2 Å². The maximum atomic E-state index is 13.3. The van der Waals surface area contributed by atoms with Crippen molar-refractivity contribution < 1.29 is 14.4 Å². The van der Waals surface area contributed by atoms with Crippen molar-refractivity contribution >= 4 is 23.4 Å². The van der Waals surface area contributed by atoms with Crippen LogP contribution in [0.15, 0.2) is 42.6 Å². The van der Waals surface area contributed by atoms with Gasteiger partial charge in [-0.25, -0.2) is 0 Å². The fourth-order valence-electron chi connectivity index (χ4n) is 5.00. The number of carbonyl (C=O) groups excluding carboxylic acids is 3. The van der Waals surface area contributed by atoms with Crippen molar-refractivity contribution in [3.8, 4) is 0 Å². The van der Waals surface area contributed by atoms with E-state index in [0.29, 0.717) is 29.9 Å². The van der Waals surface area contributed by atoms with Crippen LogP contribution in [0.1, 0.15) is 53.1 Å². The summed E-state index contributed by atoms with van der Waals surface area (Å²) in [5.74, 6) is -0.372. The molecule has 4 rings (SSSR count). The minimum absolute atomic E-state index is 0.0114. The number of hydrogen-bond donors (Lipinski definition) is 0. The van der Waals surface area contributed by atoms with E-state index in [9.17, 15) is 14.4 Å². The number of pyridine rings is 1. The van der Waals surface area contributed by atoms with E-state index in [1.807, 2.05) is 36.2 Å². The van der Waals surface area contributed by atoms with Gasteiger partial charge in [-0.15, -0.1) is 0 Å². The Labute approximate surface area is 207 Å². The lowest BCUT2D eigenvalue weighted by atomic mass is 9.94. The van der Waals surface area contributed by atoms with E-state index >= 15 is 0 Å². The molecule has 0 saturated carbocycles. The van der Waals surface area contributed by atoms with Gasteiger partial charge < -0.3 is 14.7 Å². The number of amides is 3. The maximum absolute atomic E-state index is 13.3. The smallest absolute Gasteiger partial charge is 0.264 e. The number of nitrogens with zero attached hydrogens (tertiary/aromatic N) is 5. The summed E-state index contributed by atoms with van der Waals surface area (Å²) < 4.78 is 0. The molecule has 3 amide bonds. The first-order chi connectivity index (χ1) is 16.9. The fraction of sp³-hybridized carbons (Fsp3) is 0.481. The summed E-state index contributed by atoms with van der Waals surface area (Å²) in [6.07, 6.45) is 3.13. The average Bonchev–Trinajstić information content (AvgIpc) is 3.14. The Bertz CT molecular complexity index is 1060. The molecule has 2 aliphatic rings. The lowest BCUT2D eigenvalue weighted by Gasteiger charge is -2.35. The SMILES string of the molecule is CCN(CC)CCN(C)C(=O)C1CCN(c2cccc3c2C(=O)N(Cc2ccccn2)C3=O)CC1. The van der Waals surface area contributed by atoms with Gasteiger partial charge in [0.25, 0.3) is 11.8 Å². The molecule has 0 unspecified atom stereocenters. The normalized spacial score (nSPS) is 16.2. The lowest BCUT2D eigenvalue weighted by molar-refractivity contribution is -0.135. The third-order valence-electron chi connectivity index (χ3n) is 7.23. The van der Waals surface area contributed by atoms with Crippen molar-refractivity contribution in [1.82, 2.24) is 19.7 Å². The van der Waals surface area contributed by atoms with E-state index in [1.54, 1.807) is 18.3 Å². The number of piperidine rings is 1. The van der Waals surface area contributed by atoms with Crippen LogP contribution in [0.5, 0.6) is 0 Å². The summed E-state index contributed by atoms with van der Waals surface area (Å²) in [6, 6.07) is 10.9. The van der Waals surface area contributed by atoms with Gasteiger partial charge in [-0.3, -0.25) is 24.3 Å². The Balaban J connectivity index is 1.41. The standard InChI is InChI=1S/C27H35N5O3/c1-4-30(5-2)18-17-29(3)25(33)20-12-15-31(16-13-20)23-11-8-10-22-24(23)27(35)32(26(22)34)19-21-9-6-7-14-28-21/h6-11,14,20H,4-5,12-13,15-19H2,1-3H3. The first-order valence-corrected chi connectivity index (χ1v) is 12.6. The molecule has 0 N–H and O–H groups in total. The van der Waals surface area contributed by atoms with E-state index in [-0.39, 0.29) is 30.2 Å². The van der Waals surface area contributed by atoms with Gasteiger partial charge in [0.15, 0.2) is 0 Å². The molecule has 0 aliphatic carbocycles. The van der Waals surface area contributed by atoms with Gasteiger partial charge in [-0.1, -0.05) is 26.0 Å². The number of benzene rings is 1. The second kappa shape index (κ2) is 11.0.